The summed E-state index contributed by atoms with van der Waals surface area (Å²) in [5.74, 6) is 0.451. The van der Waals surface area contributed by atoms with Crippen molar-refractivity contribution in [1.82, 2.24) is 5.32 Å². The highest BCUT2D eigenvalue weighted by molar-refractivity contribution is 7.12. The average Bonchev–Trinajstić information content (AvgIpc) is 2.53. The lowest BCUT2D eigenvalue weighted by molar-refractivity contribution is 0.201. The monoisotopic (exact) mass is 241 g/mol. The first-order valence-corrected chi connectivity index (χ1v) is 6.71. The van der Waals surface area contributed by atoms with Crippen molar-refractivity contribution in [3.05, 3.63) is 21.4 Å². The van der Waals surface area contributed by atoms with Crippen LogP contribution in [0.4, 0.5) is 0 Å². The zero-order valence-corrected chi connectivity index (χ0v) is 11.7. The van der Waals surface area contributed by atoms with Gasteiger partial charge in [-0.1, -0.05) is 13.8 Å². The topological polar surface area (TPSA) is 32.3 Å². The van der Waals surface area contributed by atoms with E-state index in [-0.39, 0.29) is 12.6 Å². The molecule has 0 fully saturated rings. The number of hydrogen-bond donors (Lipinski definition) is 2. The van der Waals surface area contributed by atoms with Crippen molar-refractivity contribution in [2.45, 2.75) is 46.7 Å². The molecule has 0 aliphatic rings. The van der Waals surface area contributed by atoms with E-state index in [2.05, 4.69) is 46.0 Å². The minimum absolute atomic E-state index is 0.176. The van der Waals surface area contributed by atoms with E-state index in [1.165, 1.54) is 15.3 Å². The molecule has 0 radical (unpaired) electrons. The number of hydrogen-bond acceptors (Lipinski definition) is 3. The Morgan fingerprint density at radius 2 is 1.94 bits per heavy atom. The molecule has 0 amide bonds. The largest absolute Gasteiger partial charge is 0.395 e. The molecule has 1 heterocycles. The molecule has 0 saturated heterocycles. The maximum atomic E-state index is 9.31. The smallest absolute Gasteiger partial charge is 0.0587 e. The van der Waals surface area contributed by atoms with E-state index in [4.69, 9.17) is 0 Å². The predicted molar refractivity (Wildman–Crippen MR) is 71.1 cm³/mol. The molecular weight excluding hydrogens is 218 g/mol. The minimum atomic E-state index is 0.176. The fraction of sp³-hybridized carbons (Fsp3) is 0.692. The van der Waals surface area contributed by atoms with Gasteiger partial charge in [0.1, 0.15) is 0 Å². The molecule has 1 aromatic heterocycles. The number of nitrogens with one attached hydrogen (secondary N) is 1. The highest BCUT2D eigenvalue weighted by atomic mass is 32.1. The molecule has 2 N–H and O–H groups in total. The Kier molecular flexibility index (Phi) is 4.96. The van der Waals surface area contributed by atoms with Crippen LogP contribution in [0.1, 0.15) is 42.1 Å². The van der Waals surface area contributed by atoms with Crippen molar-refractivity contribution < 1.29 is 5.11 Å². The van der Waals surface area contributed by atoms with Crippen molar-refractivity contribution in [3.8, 4) is 0 Å². The van der Waals surface area contributed by atoms with Crippen LogP contribution in [0.3, 0.4) is 0 Å². The Labute approximate surface area is 103 Å². The summed E-state index contributed by atoms with van der Waals surface area (Å²) in [7, 11) is 0. The van der Waals surface area contributed by atoms with Crippen LogP contribution >= 0.6 is 11.3 Å². The van der Waals surface area contributed by atoms with Crippen LogP contribution in [0.5, 0.6) is 0 Å². The average molecular weight is 241 g/mol. The Balaban J connectivity index is 2.71. The van der Waals surface area contributed by atoms with Gasteiger partial charge in [0, 0.05) is 21.8 Å². The standard InChI is InChI=1S/C13H23NOS/c1-8(2)13(7-15)14-10(4)12-6-9(3)16-11(12)5/h6,8,10,13-15H,7H2,1-5H3. The lowest BCUT2D eigenvalue weighted by atomic mass is 10.0. The first-order valence-electron chi connectivity index (χ1n) is 5.89. The van der Waals surface area contributed by atoms with E-state index >= 15 is 0 Å². The molecule has 2 nitrogen and oxygen atoms in total. The molecule has 2 atom stereocenters. The Bertz CT molecular complexity index is 333. The van der Waals surface area contributed by atoms with Crippen molar-refractivity contribution >= 4 is 11.3 Å². The molecule has 0 spiro atoms. The van der Waals surface area contributed by atoms with Gasteiger partial charge in [-0.15, -0.1) is 11.3 Å². The third-order valence-electron chi connectivity index (χ3n) is 3.01. The fourth-order valence-corrected chi connectivity index (χ4v) is 2.97. The molecule has 16 heavy (non-hydrogen) atoms. The summed E-state index contributed by atoms with van der Waals surface area (Å²) in [5.41, 5.74) is 1.36. The molecule has 1 aromatic rings. The van der Waals surface area contributed by atoms with E-state index in [0.717, 1.165) is 0 Å². The predicted octanol–water partition coefficient (Wildman–Crippen LogP) is 3.03. The molecule has 92 valence electrons. The molecule has 0 aliphatic heterocycles. The summed E-state index contributed by atoms with van der Waals surface area (Å²) in [6, 6.07) is 2.73. The van der Waals surface area contributed by atoms with Crippen molar-refractivity contribution in [1.29, 1.82) is 0 Å². The fourth-order valence-electron chi connectivity index (χ4n) is 1.95. The van der Waals surface area contributed by atoms with Gasteiger partial charge in [0.25, 0.3) is 0 Å². The first kappa shape index (κ1) is 13.7. The van der Waals surface area contributed by atoms with E-state index in [9.17, 15) is 5.11 Å². The summed E-state index contributed by atoms with van der Waals surface area (Å²) in [4.78, 5) is 2.73. The van der Waals surface area contributed by atoms with Gasteiger partial charge in [-0.05, 0) is 38.3 Å². The second-order valence-electron chi connectivity index (χ2n) is 4.79. The quantitative estimate of drug-likeness (QED) is 0.830. The van der Waals surface area contributed by atoms with Gasteiger partial charge in [-0.25, -0.2) is 0 Å². The number of thiophene rings is 1. The molecule has 0 aliphatic carbocycles. The van der Waals surface area contributed by atoms with Crippen LogP contribution in [0.25, 0.3) is 0 Å². The third kappa shape index (κ3) is 3.30. The summed E-state index contributed by atoms with van der Waals surface area (Å²) >= 11 is 1.84. The Morgan fingerprint density at radius 1 is 1.31 bits per heavy atom. The summed E-state index contributed by atoms with van der Waals surface area (Å²) in [5, 5.41) is 12.8. The van der Waals surface area contributed by atoms with Crippen molar-refractivity contribution in [3.63, 3.8) is 0 Å². The van der Waals surface area contributed by atoms with Crippen LogP contribution in [0, 0.1) is 19.8 Å². The van der Waals surface area contributed by atoms with Gasteiger partial charge in [0.15, 0.2) is 0 Å². The Hall–Kier alpha value is -0.380. The van der Waals surface area contributed by atoms with Gasteiger partial charge in [0.05, 0.1) is 6.61 Å². The lowest BCUT2D eigenvalue weighted by Crippen LogP contribution is -2.38. The summed E-state index contributed by atoms with van der Waals surface area (Å²) in [6.07, 6.45) is 0. The molecule has 0 bridgehead atoms. The normalized spacial score (nSPS) is 15.4. The second-order valence-corrected chi connectivity index (χ2v) is 6.25. The molecule has 1 rings (SSSR count). The highest BCUT2D eigenvalue weighted by Gasteiger charge is 2.17. The number of aliphatic hydroxyl groups excluding tert-OH is 1. The maximum absolute atomic E-state index is 9.31. The van der Waals surface area contributed by atoms with Gasteiger partial charge in [-0.2, -0.15) is 0 Å². The SMILES string of the molecule is Cc1cc(C(C)NC(CO)C(C)C)c(C)s1. The van der Waals surface area contributed by atoms with Gasteiger partial charge >= 0.3 is 0 Å². The molecule has 0 aromatic carbocycles. The molecular formula is C13H23NOS. The maximum Gasteiger partial charge on any atom is 0.0587 e. The molecule has 2 unspecified atom stereocenters. The number of rotatable bonds is 5. The van der Waals surface area contributed by atoms with Crippen LogP contribution < -0.4 is 5.32 Å². The van der Waals surface area contributed by atoms with E-state index in [0.29, 0.717) is 12.0 Å². The number of aliphatic hydroxyl groups is 1. The second kappa shape index (κ2) is 5.80. The van der Waals surface area contributed by atoms with Gasteiger partial charge < -0.3 is 10.4 Å². The van der Waals surface area contributed by atoms with E-state index in [1.54, 1.807) is 0 Å². The van der Waals surface area contributed by atoms with Crippen LogP contribution in [-0.4, -0.2) is 17.8 Å². The third-order valence-corrected chi connectivity index (χ3v) is 3.99. The van der Waals surface area contributed by atoms with E-state index < -0.39 is 0 Å². The summed E-state index contributed by atoms with van der Waals surface area (Å²) < 4.78 is 0. The van der Waals surface area contributed by atoms with Crippen LogP contribution in [0.15, 0.2) is 6.07 Å². The van der Waals surface area contributed by atoms with E-state index in [1.807, 2.05) is 11.3 Å². The summed E-state index contributed by atoms with van der Waals surface area (Å²) in [6.45, 7) is 10.9. The molecule has 0 saturated carbocycles. The van der Waals surface area contributed by atoms with Crippen LogP contribution in [-0.2, 0) is 0 Å². The molecule has 3 heteroatoms. The van der Waals surface area contributed by atoms with Gasteiger partial charge in [0.2, 0.25) is 0 Å². The minimum Gasteiger partial charge on any atom is -0.395 e. The first-order chi connectivity index (χ1) is 7.45. The zero-order valence-electron chi connectivity index (χ0n) is 10.9. The zero-order chi connectivity index (χ0) is 12.3. The Morgan fingerprint density at radius 3 is 2.31 bits per heavy atom. The van der Waals surface area contributed by atoms with Gasteiger partial charge in [-0.3, -0.25) is 0 Å². The number of aryl methyl sites for hydroxylation is 2. The highest BCUT2D eigenvalue weighted by Crippen LogP contribution is 2.26. The van der Waals surface area contributed by atoms with Crippen molar-refractivity contribution in [2.75, 3.05) is 6.61 Å². The van der Waals surface area contributed by atoms with Crippen LogP contribution in [0.2, 0.25) is 0 Å². The lowest BCUT2D eigenvalue weighted by Gasteiger charge is -2.24. The van der Waals surface area contributed by atoms with Crippen molar-refractivity contribution in [2.24, 2.45) is 5.92 Å².